The number of likely N-dealkylation sites (N-methyl/N-ethyl adjacent to an activating group) is 1. The Labute approximate surface area is 546 Å². The van der Waals surface area contributed by atoms with E-state index >= 15 is 0 Å². The van der Waals surface area contributed by atoms with Crippen LogP contribution in [0.3, 0.4) is 0 Å². The van der Waals surface area contributed by atoms with E-state index in [1.54, 1.807) is 52.0 Å². The first-order chi connectivity index (χ1) is 44.9. The first-order valence-electron chi connectivity index (χ1n) is 31.2. The quantitative estimate of drug-likeness (QED) is 0.0238. The van der Waals surface area contributed by atoms with E-state index in [2.05, 4.69) is 46.2 Å². The molecule has 0 bridgehead atoms. The van der Waals surface area contributed by atoms with Crippen LogP contribution < -0.4 is 47.2 Å². The number of fused-ring (bicyclic) bond motifs is 1. The number of H-pyrrole nitrogens is 1. The smallest absolute Gasteiger partial charge is 0.323 e. The molecule has 520 valence electrons. The second-order valence-electron chi connectivity index (χ2n) is 22.5. The summed E-state index contributed by atoms with van der Waals surface area (Å²) in [5.41, 5.74) is 6.44. The van der Waals surface area contributed by atoms with Crippen molar-refractivity contribution in [2.75, 3.05) is 150 Å². The van der Waals surface area contributed by atoms with E-state index in [-0.39, 0.29) is 91.5 Å². The lowest BCUT2D eigenvalue weighted by Gasteiger charge is -2.33. The highest BCUT2D eigenvalue weighted by molar-refractivity contribution is 7.89. The van der Waals surface area contributed by atoms with Gasteiger partial charge >= 0.3 is 17.9 Å². The van der Waals surface area contributed by atoms with Crippen LogP contribution in [0.2, 0.25) is 0 Å². The molecule has 33 heteroatoms. The second kappa shape index (κ2) is 40.2. The Morgan fingerprint density at radius 1 is 0.702 bits per heavy atom. The van der Waals surface area contributed by atoms with E-state index in [9.17, 15) is 66.9 Å². The number of carbonyl (C=O) groups is 8. The molecule has 2 aromatic heterocycles. The Balaban J connectivity index is 0.906. The zero-order valence-corrected chi connectivity index (χ0v) is 54.7. The number of aromatic amines is 1. The topological polar surface area (TPSA) is 430 Å². The fraction of sp³-hybridized carbons (Fsp3) is 0.574. The van der Waals surface area contributed by atoms with Crippen molar-refractivity contribution in [3.8, 4) is 5.75 Å². The van der Waals surface area contributed by atoms with E-state index in [0.29, 0.717) is 142 Å². The van der Waals surface area contributed by atoms with Crippen LogP contribution in [-0.2, 0) is 71.4 Å². The summed E-state index contributed by atoms with van der Waals surface area (Å²) in [6.45, 7) is 11.0. The summed E-state index contributed by atoms with van der Waals surface area (Å²) < 4.78 is 53.7. The third-order valence-electron chi connectivity index (χ3n) is 15.1. The Morgan fingerprint density at radius 2 is 1.28 bits per heavy atom. The summed E-state index contributed by atoms with van der Waals surface area (Å²) in [6, 6.07) is 5.24. The average molecular weight is 1340 g/mol. The average Bonchev–Trinajstić information content (AvgIpc) is 0.803. The highest BCUT2D eigenvalue weighted by Gasteiger charge is 2.30. The third kappa shape index (κ3) is 27.4. The molecule has 2 atom stereocenters. The van der Waals surface area contributed by atoms with Crippen molar-refractivity contribution in [1.82, 2.24) is 60.1 Å². The van der Waals surface area contributed by atoms with Gasteiger partial charge in [0, 0.05) is 136 Å². The number of carboxylic acid groups (broad SMARTS) is 3. The number of nitrogens with two attached hydrogens (primary N) is 1. The predicted octanol–water partition coefficient (Wildman–Crippen LogP) is -0.966. The molecule has 0 unspecified atom stereocenters. The van der Waals surface area contributed by atoms with Gasteiger partial charge in [0.25, 0.3) is 5.91 Å². The minimum Gasteiger partial charge on any atom is -0.494 e. The number of anilines is 1. The Hall–Kier alpha value is -8.15. The maximum atomic E-state index is 13.6. The Morgan fingerprint density at radius 3 is 1.83 bits per heavy atom. The normalized spacial score (nSPS) is 14.6. The van der Waals surface area contributed by atoms with Gasteiger partial charge in [-0.2, -0.15) is 4.72 Å². The van der Waals surface area contributed by atoms with Gasteiger partial charge in [-0.05, 0) is 87.0 Å². The van der Waals surface area contributed by atoms with Crippen LogP contribution in [-0.4, -0.2) is 262 Å². The van der Waals surface area contributed by atoms with E-state index in [1.165, 1.54) is 32.2 Å². The van der Waals surface area contributed by atoms with Crippen molar-refractivity contribution in [2.45, 2.75) is 82.8 Å². The molecule has 1 fully saturated rings. The van der Waals surface area contributed by atoms with Gasteiger partial charge in [-0.1, -0.05) is 13.0 Å². The predicted molar refractivity (Wildman–Crippen MR) is 345 cm³/mol. The van der Waals surface area contributed by atoms with E-state index in [1.807, 2.05) is 11.8 Å². The molecule has 0 aliphatic carbocycles. The van der Waals surface area contributed by atoms with E-state index in [0.717, 1.165) is 5.56 Å². The molecule has 32 nitrogen and oxygen atoms in total. The zero-order chi connectivity index (χ0) is 68.6. The summed E-state index contributed by atoms with van der Waals surface area (Å²) >= 11 is 0. The van der Waals surface area contributed by atoms with Gasteiger partial charge in [0.15, 0.2) is 5.95 Å². The number of hydrogen-bond acceptors (Lipinski definition) is 21. The van der Waals surface area contributed by atoms with Crippen LogP contribution in [0.1, 0.15) is 72.5 Å². The minimum atomic E-state index is -4.47. The number of nitrogens with one attached hydrogen (secondary N) is 7. The molecule has 94 heavy (non-hydrogen) atoms. The monoisotopic (exact) mass is 1340 g/mol. The first-order valence-corrected chi connectivity index (χ1v) is 32.7. The maximum Gasteiger partial charge on any atom is 0.323 e. The number of aryl methyl sites for hydroxylation is 3. The number of sulfonamides is 1. The number of nitrogens with zero attached hydrogens (tertiary/aromatic N) is 6. The van der Waals surface area contributed by atoms with Crippen LogP contribution in [0.5, 0.6) is 5.75 Å². The van der Waals surface area contributed by atoms with E-state index < -0.39 is 75.6 Å². The molecule has 5 rings (SSSR count). The number of aliphatic carboxylic acids is 3. The van der Waals surface area contributed by atoms with Gasteiger partial charge in [0.05, 0.1) is 63.1 Å². The number of hydrogen-bond donors (Lipinski definition) is 11. The van der Waals surface area contributed by atoms with Gasteiger partial charge < -0.3 is 81.0 Å². The maximum absolute atomic E-state index is 13.6. The van der Waals surface area contributed by atoms with E-state index in [4.69, 9.17) is 24.7 Å². The van der Waals surface area contributed by atoms with Crippen molar-refractivity contribution >= 4 is 74.3 Å². The summed E-state index contributed by atoms with van der Waals surface area (Å²) in [5.74, 6) is -5.31. The summed E-state index contributed by atoms with van der Waals surface area (Å²) in [4.78, 5) is 127. The van der Waals surface area contributed by atoms with Crippen molar-refractivity contribution in [1.29, 1.82) is 0 Å². The highest BCUT2D eigenvalue weighted by atomic mass is 32.2. The Bertz CT molecular complexity index is 3290. The number of amides is 5. The number of aromatic nitrogens is 3. The molecular weight excluding hydrogens is 1250 g/mol. The second-order valence-corrected chi connectivity index (χ2v) is 24.2. The van der Waals surface area contributed by atoms with Crippen molar-refractivity contribution < 1.29 is 81.0 Å². The van der Waals surface area contributed by atoms with Gasteiger partial charge in [0.2, 0.25) is 39.1 Å². The van der Waals surface area contributed by atoms with Crippen molar-refractivity contribution in [2.24, 2.45) is 12.8 Å². The van der Waals surface area contributed by atoms with Crippen LogP contribution in [0.15, 0.2) is 58.6 Å². The number of carbonyl (C=O) groups excluding carboxylic acids is 5. The summed E-state index contributed by atoms with van der Waals surface area (Å²) in [7, 11) is -2.81. The molecule has 5 amide bonds. The largest absolute Gasteiger partial charge is 0.494 e. The Kier molecular flexibility index (Phi) is 32.7. The fourth-order valence-corrected chi connectivity index (χ4v) is 11.8. The molecule has 1 aliphatic heterocycles. The molecule has 2 aromatic carbocycles. The molecular formula is C61H92N14O18S. The minimum absolute atomic E-state index is 0.0150. The van der Waals surface area contributed by atoms with Crippen molar-refractivity contribution in [3.63, 3.8) is 0 Å². The molecule has 0 saturated carbocycles. The van der Waals surface area contributed by atoms with Gasteiger partial charge in [-0.15, -0.1) is 0 Å². The molecule has 0 radical (unpaired) electrons. The fourth-order valence-electron chi connectivity index (χ4n) is 10.2. The first kappa shape index (κ1) is 76.6. The molecule has 1 saturated heterocycles. The third-order valence-corrected chi connectivity index (χ3v) is 16.9. The molecule has 3 heterocycles. The van der Waals surface area contributed by atoms with Crippen LogP contribution in [0.4, 0.5) is 5.95 Å². The standard InChI is InChI=1S/C61H92N14O18S/c1-5-72-18-20-73(22-23-75(41-55(81)82)25-24-74(21-19-72)40-54(79)80)39-53(78)69-48(12-13-51(62)76)59(85)64-15-8-27-91-30-32-92-31-29-90-26-7-14-63-52(77)9-6-28-93-45-33-42(2)57(43(3)34-45)94(88,89)70-49(60(86)87)37-67-58(84)47-38-71(4)50-35-44(10-11-46(50)56(47)83)36-68-61-65-16-17-66-61/h10-11,16-17,33-35,38,48-49,70H,5-9,12-15,18-32,36-37,39-41H2,1-4H3,(H2,62,76)(H,63,77)(H,64,85)(H,67,84)(H,69,78)(H,79,80)(H,81,82)(H,86,87)(H2,65,66,68)/t48-,49+/m1/s1. The summed E-state index contributed by atoms with van der Waals surface area (Å²) in [5, 5.41) is 43.0. The number of pyridine rings is 1. The lowest BCUT2D eigenvalue weighted by molar-refractivity contribution is -0.140. The van der Waals surface area contributed by atoms with Gasteiger partial charge in [-0.3, -0.25) is 57.9 Å². The number of imidazole rings is 1. The van der Waals surface area contributed by atoms with Crippen LogP contribution >= 0.6 is 0 Å². The molecule has 4 aromatic rings. The summed E-state index contributed by atoms with van der Waals surface area (Å²) in [6.07, 6.45) is 5.98. The molecule has 12 N–H and O–H groups in total. The number of ether oxygens (including phenoxy) is 4. The van der Waals surface area contributed by atoms with Gasteiger partial charge in [0.1, 0.15) is 23.4 Å². The SMILES string of the molecule is CCN1CCN(CC(=O)O)CCN(CC(=O)O)CCN(CC(=O)N[C@H](CCC(N)=O)C(=O)NCCCOCCOCCOCCCNC(=O)CCCOc2cc(C)c(S(=O)(=O)N[C@@H](CNC(=O)c3cn(C)c4cc(CNc5ncc[nH]5)ccc4c3=O)C(=O)O)c(C)c2)CC1. The van der Waals surface area contributed by atoms with Crippen molar-refractivity contribution in [3.05, 3.63) is 81.4 Å². The molecule has 1 aliphatic rings. The van der Waals surface area contributed by atoms with Gasteiger partial charge in [-0.25, -0.2) is 13.4 Å². The lowest BCUT2D eigenvalue weighted by atomic mass is 10.1. The zero-order valence-electron chi connectivity index (χ0n) is 53.9. The number of primary amides is 1. The number of carboxylic acids is 3. The molecule has 0 spiro atoms. The number of benzene rings is 2. The lowest BCUT2D eigenvalue weighted by Crippen LogP contribution is -2.52. The number of rotatable bonds is 41. The van der Waals surface area contributed by atoms with Crippen LogP contribution in [0.25, 0.3) is 10.9 Å². The van der Waals surface area contributed by atoms with Crippen LogP contribution in [0, 0.1) is 13.8 Å². The highest BCUT2D eigenvalue weighted by Crippen LogP contribution is 2.26.